The standard InChI is InChI=1S/C32H35FN6O3/c1-34-28(40)18-21-4-6-22(7-5-21)31(30-26-13-8-23(33)19-27(26)36-32(30)42)35-24-9-11-25(12-10-24)38(3)29(41)20-39-16-14-37(2)15-17-39/h4-13,19,36,42H,14-18,20H2,1-3H3,(H,34,40). The number of hydrogen-bond donors (Lipinski definition) is 3. The Morgan fingerprint density at radius 1 is 1.02 bits per heavy atom. The third-order valence-corrected chi connectivity index (χ3v) is 7.66. The average Bonchev–Trinajstić information content (AvgIpc) is 3.31. The summed E-state index contributed by atoms with van der Waals surface area (Å²) in [5.74, 6) is -0.631. The molecule has 1 aromatic heterocycles. The van der Waals surface area contributed by atoms with Crippen LogP contribution in [0, 0.1) is 5.82 Å². The van der Waals surface area contributed by atoms with Gasteiger partial charge in [-0.3, -0.25) is 14.5 Å². The van der Waals surface area contributed by atoms with Crippen LogP contribution < -0.4 is 10.2 Å². The summed E-state index contributed by atoms with van der Waals surface area (Å²) in [4.78, 5) is 38.6. The van der Waals surface area contributed by atoms with Crippen molar-refractivity contribution in [1.29, 1.82) is 0 Å². The van der Waals surface area contributed by atoms with E-state index in [1.165, 1.54) is 12.1 Å². The van der Waals surface area contributed by atoms with Gasteiger partial charge in [-0.1, -0.05) is 24.3 Å². The molecule has 0 atom stereocenters. The highest BCUT2D eigenvalue weighted by Crippen LogP contribution is 2.32. The number of H-pyrrole nitrogens is 1. The maximum Gasteiger partial charge on any atom is 0.240 e. The largest absolute Gasteiger partial charge is 0.494 e. The van der Waals surface area contributed by atoms with Gasteiger partial charge in [-0.05, 0) is 55.1 Å². The monoisotopic (exact) mass is 570 g/mol. The van der Waals surface area contributed by atoms with E-state index >= 15 is 0 Å². The van der Waals surface area contributed by atoms with Gasteiger partial charge >= 0.3 is 0 Å². The minimum Gasteiger partial charge on any atom is -0.494 e. The predicted molar refractivity (Wildman–Crippen MR) is 163 cm³/mol. The normalized spacial score (nSPS) is 14.7. The number of halogens is 1. The molecule has 3 aromatic carbocycles. The van der Waals surface area contributed by atoms with Crippen LogP contribution in [-0.2, 0) is 16.0 Å². The zero-order valence-electron chi connectivity index (χ0n) is 24.0. The van der Waals surface area contributed by atoms with Gasteiger partial charge in [-0.2, -0.15) is 0 Å². The van der Waals surface area contributed by atoms with E-state index in [-0.39, 0.29) is 24.1 Å². The second kappa shape index (κ2) is 12.5. The number of rotatable bonds is 8. The first-order valence-corrected chi connectivity index (χ1v) is 13.9. The third kappa shape index (κ3) is 6.50. The van der Waals surface area contributed by atoms with Crippen LogP contribution in [-0.4, -0.2) is 91.3 Å². The van der Waals surface area contributed by atoms with Crippen LogP contribution in [0.2, 0.25) is 0 Å². The van der Waals surface area contributed by atoms with Crippen molar-refractivity contribution in [3.8, 4) is 5.88 Å². The number of aromatic amines is 1. The van der Waals surface area contributed by atoms with Gasteiger partial charge in [0, 0.05) is 56.9 Å². The Labute approximate surface area is 244 Å². The molecule has 9 nitrogen and oxygen atoms in total. The molecule has 2 amide bonds. The first kappa shape index (κ1) is 29.0. The molecule has 0 bridgehead atoms. The van der Waals surface area contributed by atoms with E-state index in [9.17, 15) is 19.1 Å². The molecule has 5 rings (SSSR count). The van der Waals surface area contributed by atoms with Gasteiger partial charge in [0.05, 0.1) is 35.4 Å². The van der Waals surface area contributed by atoms with Crippen LogP contribution in [0.3, 0.4) is 0 Å². The number of nitrogens with one attached hydrogen (secondary N) is 2. The first-order chi connectivity index (χ1) is 20.2. The van der Waals surface area contributed by atoms with Crippen molar-refractivity contribution in [1.82, 2.24) is 20.1 Å². The van der Waals surface area contributed by atoms with E-state index in [1.54, 1.807) is 25.1 Å². The van der Waals surface area contributed by atoms with Gasteiger partial charge < -0.3 is 25.2 Å². The SMILES string of the molecule is CNC(=O)Cc1ccc(C(=Nc2ccc(N(C)C(=O)CN3CCN(C)CC3)cc2)c2c(O)[nH]c3cc(F)ccc23)cc1. The third-order valence-electron chi connectivity index (χ3n) is 7.66. The van der Waals surface area contributed by atoms with Gasteiger partial charge in [0.25, 0.3) is 0 Å². The van der Waals surface area contributed by atoms with Gasteiger partial charge in [-0.15, -0.1) is 0 Å². The van der Waals surface area contributed by atoms with Crippen molar-refractivity contribution >= 4 is 39.8 Å². The minimum absolute atomic E-state index is 0.0179. The van der Waals surface area contributed by atoms with Crippen LogP contribution >= 0.6 is 0 Å². The first-order valence-electron chi connectivity index (χ1n) is 13.9. The Kier molecular flexibility index (Phi) is 8.65. The van der Waals surface area contributed by atoms with Gasteiger partial charge in [0.1, 0.15) is 5.82 Å². The molecule has 10 heteroatoms. The number of carbonyl (C=O) groups is 2. The lowest BCUT2D eigenvalue weighted by Crippen LogP contribution is -2.48. The van der Waals surface area contributed by atoms with E-state index in [1.807, 2.05) is 48.5 Å². The average molecular weight is 571 g/mol. The fourth-order valence-electron chi connectivity index (χ4n) is 5.04. The quantitative estimate of drug-likeness (QED) is 0.281. The smallest absolute Gasteiger partial charge is 0.240 e. The number of benzene rings is 3. The van der Waals surface area contributed by atoms with E-state index in [0.717, 1.165) is 37.4 Å². The Balaban J connectivity index is 1.45. The molecule has 1 saturated heterocycles. The zero-order valence-corrected chi connectivity index (χ0v) is 24.0. The number of piperazine rings is 1. The summed E-state index contributed by atoms with van der Waals surface area (Å²) < 4.78 is 13.9. The summed E-state index contributed by atoms with van der Waals surface area (Å²) >= 11 is 0. The second-order valence-electron chi connectivity index (χ2n) is 10.6. The van der Waals surface area contributed by atoms with E-state index in [4.69, 9.17) is 4.99 Å². The Hall–Kier alpha value is -4.54. The number of aliphatic imine (C=N–C) groups is 1. The Morgan fingerprint density at radius 3 is 2.38 bits per heavy atom. The van der Waals surface area contributed by atoms with Crippen LogP contribution in [0.5, 0.6) is 5.88 Å². The summed E-state index contributed by atoms with van der Waals surface area (Å²) in [6.45, 7) is 4.00. The molecule has 0 unspecified atom stereocenters. The second-order valence-corrected chi connectivity index (χ2v) is 10.6. The minimum atomic E-state index is -0.422. The molecule has 0 spiro atoms. The lowest BCUT2D eigenvalue weighted by molar-refractivity contribution is -0.120. The fourth-order valence-corrected chi connectivity index (χ4v) is 5.04. The maximum absolute atomic E-state index is 13.9. The highest BCUT2D eigenvalue weighted by molar-refractivity contribution is 6.22. The Morgan fingerprint density at radius 2 is 1.71 bits per heavy atom. The number of aromatic hydroxyl groups is 1. The number of aromatic nitrogens is 1. The number of amides is 2. The molecule has 42 heavy (non-hydrogen) atoms. The van der Waals surface area contributed by atoms with Gasteiger partial charge in [0.2, 0.25) is 11.8 Å². The summed E-state index contributed by atoms with van der Waals surface area (Å²) in [5, 5.41) is 14.1. The molecule has 3 N–H and O–H groups in total. The molecule has 1 aliphatic rings. The van der Waals surface area contributed by atoms with E-state index in [0.29, 0.717) is 40.0 Å². The number of likely N-dealkylation sites (N-methyl/N-ethyl adjacent to an activating group) is 3. The predicted octanol–water partition coefficient (Wildman–Crippen LogP) is 3.68. The van der Waals surface area contributed by atoms with Crippen molar-refractivity contribution in [2.45, 2.75) is 6.42 Å². The topological polar surface area (TPSA) is 104 Å². The molecule has 1 fully saturated rings. The number of fused-ring (bicyclic) bond motifs is 1. The lowest BCUT2D eigenvalue weighted by Gasteiger charge is -2.32. The van der Waals surface area contributed by atoms with Crippen molar-refractivity contribution < 1.29 is 19.1 Å². The van der Waals surface area contributed by atoms with Gasteiger partial charge in [0.15, 0.2) is 5.88 Å². The highest BCUT2D eigenvalue weighted by atomic mass is 19.1. The number of carbonyl (C=O) groups excluding carboxylic acids is 2. The zero-order chi connectivity index (χ0) is 29.8. The van der Waals surface area contributed by atoms with Crippen molar-refractivity contribution in [2.75, 3.05) is 58.8 Å². The summed E-state index contributed by atoms with van der Waals surface area (Å²) in [6.07, 6.45) is 0.239. The van der Waals surface area contributed by atoms with Gasteiger partial charge in [-0.25, -0.2) is 9.38 Å². The van der Waals surface area contributed by atoms with Crippen LogP contribution in [0.15, 0.2) is 71.7 Å². The lowest BCUT2D eigenvalue weighted by atomic mass is 9.99. The molecular formula is C32H35FN6O3. The molecule has 1 aliphatic heterocycles. The molecule has 2 heterocycles. The molecule has 4 aromatic rings. The van der Waals surface area contributed by atoms with E-state index in [2.05, 4.69) is 27.1 Å². The van der Waals surface area contributed by atoms with Crippen molar-refractivity contribution in [3.05, 3.63) is 89.2 Å². The van der Waals surface area contributed by atoms with Crippen molar-refractivity contribution in [3.63, 3.8) is 0 Å². The number of anilines is 1. The molecule has 0 radical (unpaired) electrons. The Bertz CT molecular complexity index is 1610. The molecule has 0 aliphatic carbocycles. The maximum atomic E-state index is 13.9. The highest BCUT2D eigenvalue weighted by Gasteiger charge is 2.21. The van der Waals surface area contributed by atoms with Crippen molar-refractivity contribution in [2.24, 2.45) is 4.99 Å². The molecule has 0 saturated carbocycles. The summed E-state index contributed by atoms with van der Waals surface area (Å²) in [5.41, 5.74) is 4.26. The molecular weight excluding hydrogens is 535 g/mol. The van der Waals surface area contributed by atoms with E-state index < -0.39 is 5.82 Å². The summed E-state index contributed by atoms with van der Waals surface area (Å²) in [7, 11) is 5.45. The van der Waals surface area contributed by atoms with Crippen LogP contribution in [0.1, 0.15) is 16.7 Å². The number of hydrogen-bond acceptors (Lipinski definition) is 6. The van der Waals surface area contributed by atoms with Crippen LogP contribution in [0.4, 0.5) is 15.8 Å². The molecule has 218 valence electrons. The number of nitrogens with zero attached hydrogens (tertiary/aromatic N) is 4. The van der Waals surface area contributed by atoms with Crippen LogP contribution in [0.25, 0.3) is 10.9 Å². The summed E-state index contributed by atoms with van der Waals surface area (Å²) in [6, 6.07) is 19.0. The fraction of sp³-hybridized carbons (Fsp3) is 0.281.